The Morgan fingerprint density at radius 1 is 0.826 bits per heavy atom. The molecule has 1 aliphatic carbocycles. The van der Waals surface area contributed by atoms with E-state index in [1.807, 2.05) is 18.2 Å². The van der Waals surface area contributed by atoms with Gasteiger partial charge in [0.1, 0.15) is 11.5 Å². The first-order chi connectivity index (χ1) is 11.2. The lowest BCUT2D eigenvalue weighted by molar-refractivity contribution is 0.467. The van der Waals surface area contributed by atoms with Crippen LogP contribution in [0.25, 0.3) is 11.1 Å². The fourth-order valence-corrected chi connectivity index (χ4v) is 3.05. The fraction of sp³-hybridized carbons (Fsp3) is 0.238. The summed E-state index contributed by atoms with van der Waals surface area (Å²) in [6.45, 7) is 2.12. The van der Waals surface area contributed by atoms with Crippen molar-refractivity contribution in [2.24, 2.45) is 0 Å². The molecular weight excluding hydrogens is 284 g/mol. The zero-order chi connectivity index (χ0) is 16.2. The standard InChI is InChI=1S/C21H22O2/c1-2-3-19-14-18(10-13-21(19)23)17-6-4-15(5-7-17)16-8-11-20(22)12-9-16/h4,6,8-14,22-23H,2-3,5,7H2,1H3. The summed E-state index contributed by atoms with van der Waals surface area (Å²) in [4.78, 5) is 0. The second-order valence-electron chi connectivity index (χ2n) is 6.02. The summed E-state index contributed by atoms with van der Waals surface area (Å²) in [5, 5.41) is 19.3. The second kappa shape index (κ2) is 6.74. The molecule has 0 bridgehead atoms. The Morgan fingerprint density at radius 3 is 2.04 bits per heavy atom. The van der Waals surface area contributed by atoms with Gasteiger partial charge in [-0.3, -0.25) is 0 Å². The van der Waals surface area contributed by atoms with Crippen molar-refractivity contribution in [3.05, 3.63) is 71.3 Å². The van der Waals surface area contributed by atoms with Crippen LogP contribution in [-0.2, 0) is 6.42 Å². The third kappa shape index (κ3) is 3.48. The van der Waals surface area contributed by atoms with Crippen molar-refractivity contribution < 1.29 is 10.2 Å². The number of phenolic OH excluding ortho intramolecular Hbond substituents is 2. The molecule has 118 valence electrons. The van der Waals surface area contributed by atoms with Gasteiger partial charge in [-0.2, -0.15) is 0 Å². The number of aryl methyl sites for hydroxylation is 1. The number of rotatable bonds is 4. The van der Waals surface area contributed by atoms with Crippen molar-refractivity contribution >= 4 is 11.1 Å². The first-order valence-electron chi connectivity index (χ1n) is 8.19. The minimum Gasteiger partial charge on any atom is -0.508 e. The largest absolute Gasteiger partial charge is 0.508 e. The van der Waals surface area contributed by atoms with Crippen molar-refractivity contribution in [2.45, 2.75) is 32.6 Å². The number of aromatic hydroxyl groups is 2. The Labute approximate surface area is 137 Å². The van der Waals surface area contributed by atoms with Crippen molar-refractivity contribution in [3.63, 3.8) is 0 Å². The summed E-state index contributed by atoms with van der Waals surface area (Å²) in [7, 11) is 0. The normalized spacial score (nSPS) is 14.3. The molecule has 0 saturated carbocycles. The van der Waals surface area contributed by atoms with Gasteiger partial charge >= 0.3 is 0 Å². The van der Waals surface area contributed by atoms with Gasteiger partial charge in [-0.15, -0.1) is 0 Å². The molecule has 0 atom stereocenters. The number of phenols is 2. The van der Waals surface area contributed by atoms with E-state index in [0.29, 0.717) is 11.5 Å². The van der Waals surface area contributed by atoms with Crippen LogP contribution >= 0.6 is 0 Å². The maximum Gasteiger partial charge on any atom is 0.118 e. The van der Waals surface area contributed by atoms with Gasteiger partial charge in [0.2, 0.25) is 0 Å². The first kappa shape index (κ1) is 15.4. The van der Waals surface area contributed by atoms with Gasteiger partial charge in [0.05, 0.1) is 0 Å². The van der Waals surface area contributed by atoms with Crippen molar-refractivity contribution in [3.8, 4) is 11.5 Å². The molecule has 2 heteroatoms. The molecule has 0 fully saturated rings. The van der Waals surface area contributed by atoms with E-state index in [1.54, 1.807) is 18.2 Å². The Balaban J connectivity index is 1.85. The maximum absolute atomic E-state index is 9.93. The van der Waals surface area contributed by atoms with Gasteiger partial charge in [0, 0.05) is 0 Å². The Kier molecular flexibility index (Phi) is 4.52. The topological polar surface area (TPSA) is 40.5 Å². The molecule has 1 aliphatic rings. The maximum atomic E-state index is 9.93. The van der Waals surface area contributed by atoms with Gasteiger partial charge in [-0.1, -0.05) is 43.7 Å². The van der Waals surface area contributed by atoms with Crippen LogP contribution in [0.5, 0.6) is 11.5 Å². The second-order valence-corrected chi connectivity index (χ2v) is 6.02. The van der Waals surface area contributed by atoms with E-state index in [4.69, 9.17) is 0 Å². The molecule has 0 radical (unpaired) electrons. The Bertz CT molecular complexity index is 752. The highest BCUT2D eigenvalue weighted by Crippen LogP contribution is 2.33. The van der Waals surface area contributed by atoms with Gasteiger partial charge in [-0.25, -0.2) is 0 Å². The van der Waals surface area contributed by atoms with Crippen LogP contribution in [-0.4, -0.2) is 10.2 Å². The van der Waals surface area contributed by atoms with Crippen molar-refractivity contribution in [1.82, 2.24) is 0 Å². The number of allylic oxidation sites excluding steroid dienone is 4. The lowest BCUT2D eigenvalue weighted by Gasteiger charge is -2.16. The number of hydrogen-bond acceptors (Lipinski definition) is 2. The van der Waals surface area contributed by atoms with Crippen LogP contribution in [0.4, 0.5) is 0 Å². The van der Waals surface area contributed by atoms with Gasteiger partial charge in [0.25, 0.3) is 0 Å². The summed E-state index contributed by atoms with van der Waals surface area (Å²) in [6, 6.07) is 13.3. The van der Waals surface area contributed by atoms with Crippen molar-refractivity contribution in [1.29, 1.82) is 0 Å². The van der Waals surface area contributed by atoms with Crippen LogP contribution in [0.2, 0.25) is 0 Å². The number of hydrogen-bond donors (Lipinski definition) is 2. The third-order valence-electron chi connectivity index (χ3n) is 4.36. The monoisotopic (exact) mass is 306 g/mol. The van der Waals surface area contributed by atoms with Crippen LogP contribution in [0.1, 0.15) is 42.9 Å². The highest BCUT2D eigenvalue weighted by molar-refractivity contribution is 5.78. The fourth-order valence-electron chi connectivity index (χ4n) is 3.05. The molecule has 0 saturated heterocycles. The predicted molar refractivity (Wildman–Crippen MR) is 95.4 cm³/mol. The molecule has 0 unspecified atom stereocenters. The average Bonchev–Trinajstić information content (AvgIpc) is 2.58. The smallest absolute Gasteiger partial charge is 0.118 e. The minimum absolute atomic E-state index is 0.300. The van der Waals surface area contributed by atoms with Gasteiger partial charge in [0.15, 0.2) is 0 Å². The summed E-state index contributed by atoms with van der Waals surface area (Å²) in [5.74, 6) is 0.696. The third-order valence-corrected chi connectivity index (χ3v) is 4.36. The van der Waals surface area contributed by atoms with E-state index in [2.05, 4.69) is 25.1 Å². The summed E-state index contributed by atoms with van der Waals surface area (Å²) < 4.78 is 0. The van der Waals surface area contributed by atoms with E-state index < -0.39 is 0 Å². The highest BCUT2D eigenvalue weighted by Gasteiger charge is 2.11. The molecule has 2 nitrogen and oxygen atoms in total. The summed E-state index contributed by atoms with van der Waals surface area (Å²) in [5.41, 5.74) is 5.99. The summed E-state index contributed by atoms with van der Waals surface area (Å²) >= 11 is 0. The van der Waals surface area contributed by atoms with E-state index in [-0.39, 0.29) is 0 Å². The van der Waals surface area contributed by atoms with Gasteiger partial charge in [-0.05, 0) is 71.4 Å². The molecule has 0 heterocycles. The lowest BCUT2D eigenvalue weighted by Crippen LogP contribution is -1.95. The molecule has 0 aliphatic heterocycles. The van der Waals surface area contributed by atoms with E-state index in [1.165, 1.54) is 16.7 Å². The molecule has 0 spiro atoms. The van der Waals surface area contributed by atoms with Crippen LogP contribution in [0.15, 0.2) is 54.6 Å². The molecular formula is C21H22O2. The first-order valence-corrected chi connectivity index (χ1v) is 8.19. The molecule has 2 aromatic carbocycles. The van der Waals surface area contributed by atoms with E-state index in [0.717, 1.165) is 36.8 Å². The molecule has 0 amide bonds. The SMILES string of the molecule is CCCc1cc(C2=CC=C(c3ccc(O)cc3)CC2)ccc1O. The summed E-state index contributed by atoms with van der Waals surface area (Å²) in [6.07, 6.45) is 8.25. The molecule has 2 N–H and O–H groups in total. The average molecular weight is 306 g/mol. The van der Waals surface area contributed by atoms with Crippen LogP contribution < -0.4 is 0 Å². The Hall–Kier alpha value is -2.48. The minimum atomic E-state index is 0.300. The zero-order valence-corrected chi connectivity index (χ0v) is 13.4. The van der Waals surface area contributed by atoms with E-state index in [9.17, 15) is 10.2 Å². The Morgan fingerprint density at radius 2 is 1.43 bits per heavy atom. The van der Waals surface area contributed by atoms with Crippen molar-refractivity contribution in [2.75, 3.05) is 0 Å². The molecule has 23 heavy (non-hydrogen) atoms. The van der Waals surface area contributed by atoms with Crippen LogP contribution in [0, 0.1) is 0 Å². The quantitative estimate of drug-likeness (QED) is 0.803. The zero-order valence-electron chi connectivity index (χ0n) is 13.4. The highest BCUT2D eigenvalue weighted by atomic mass is 16.3. The predicted octanol–water partition coefficient (Wildman–Crippen LogP) is 5.31. The molecule has 0 aromatic heterocycles. The lowest BCUT2D eigenvalue weighted by atomic mass is 9.89. The number of benzene rings is 2. The van der Waals surface area contributed by atoms with Crippen LogP contribution in [0.3, 0.4) is 0 Å². The molecule has 2 aromatic rings. The molecule has 3 rings (SSSR count). The van der Waals surface area contributed by atoms with E-state index >= 15 is 0 Å². The van der Waals surface area contributed by atoms with Gasteiger partial charge < -0.3 is 10.2 Å².